The minimum atomic E-state index is -0.567. The van der Waals surface area contributed by atoms with E-state index in [9.17, 15) is 19.5 Å². The van der Waals surface area contributed by atoms with Crippen LogP contribution in [0.2, 0.25) is 5.02 Å². The van der Waals surface area contributed by atoms with Crippen LogP contribution in [-0.2, 0) is 18.4 Å². The van der Waals surface area contributed by atoms with Crippen LogP contribution in [0.1, 0.15) is 33.1 Å². The summed E-state index contributed by atoms with van der Waals surface area (Å²) in [6.07, 6.45) is 3.09. The third-order valence-corrected chi connectivity index (χ3v) is 6.92. The van der Waals surface area contributed by atoms with Crippen molar-refractivity contribution in [3.8, 4) is 11.3 Å². The number of aryl methyl sites for hydroxylation is 2. The monoisotopic (exact) mass is 558 g/mol. The molecule has 0 saturated carbocycles. The number of carbonyl (C=O) groups is 2. The molecule has 11 heteroatoms. The molecule has 4 aromatic rings. The Morgan fingerprint density at radius 1 is 1.15 bits per heavy atom. The Bertz CT molecular complexity index is 1670. The zero-order chi connectivity index (χ0) is 28.4. The first-order valence-electron chi connectivity index (χ1n) is 12.6. The van der Waals surface area contributed by atoms with E-state index in [2.05, 4.69) is 20.6 Å². The number of rotatable bonds is 8. The molecule has 0 bridgehead atoms. The lowest BCUT2D eigenvalue weighted by atomic mass is 10.0. The topological polar surface area (TPSA) is 129 Å². The zero-order valence-corrected chi connectivity index (χ0v) is 22.6. The smallest absolute Gasteiger partial charge is 0.254 e. The van der Waals surface area contributed by atoms with E-state index in [0.29, 0.717) is 27.5 Å². The van der Waals surface area contributed by atoms with E-state index >= 15 is 0 Å². The number of benzene rings is 2. The fourth-order valence-electron chi connectivity index (χ4n) is 4.60. The number of aliphatic hydroxyl groups excluding tert-OH is 1. The van der Waals surface area contributed by atoms with Gasteiger partial charge in [-0.25, -0.2) is 9.97 Å². The quantitative estimate of drug-likeness (QED) is 0.302. The Morgan fingerprint density at radius 2 is 1.98 bits per heavy atom. The number of hydrogen-bond acceptors (Lipinski definition) is 7. The van der Waals surface area contributed by atoms with Crippen LogP contribution < -0.4 is 16.2 Å². The number of halogens is 1. The van der Waals surface area contributed by atoms with Crippen molar-refractivity contribution in [3.05, 3.63) is 105 Å². The van der Waals surface area contributed by atoms with Gasteiger partial charge in [-0.1, -0.05) is 53.6 Å². The fraction of sp³-hybridized carbons (Fsp3) is 0.207. The maximum atomic E-state index is 13.2. The summed E-state index contributed by atoms with van der Waals surface area (Å²) in [5, 5.41) is 16.0. The Hall–Kier alpha value is -4.54. The fourth-order valence-corrected chi connectivity index (χ4v) is 4.80. The van der Waals surface area contributed by atoms with Crippen molar-refractivity contribution >= 4 is 35.1 Å². The third kappa shape index (κ3) is 5.73. The second kappa shape index (κ2) is 11.3. The second-order valence-electron chi connectivity index (χ2n) is 9.63. The van der Waals surface area contributed by atoms with Gasteiger partial charge in [0.05, 0.1) is 35.2 Å². The van der Waals surface area contributed by atoms with Crippen molar-refractivity contribution in [2.45, 2.75) is 19.5 Å². The van der Waals surface area contributed by atoms with Gasteiger partial charge < -0.3 is 25.2 Å². The number of carbonyl (C=O) groups excluding carboxylic acids is 2. The molecular formula is C29H27ClN6O4. The molecule has 3 heterocycles. The van der Waals surface area contributed by atoms with E-state index in [4.69, 9.17) is 11.6 Å². The second-order valence-corrected chi connectivity index (χ2v) is 10.0. The van der Waals surface area contributed by atoms with Gasteiger partial charge in [0.1, 0.15) is 6.54 Å². The first-order chi connectivity index (χ1) is 19.2. The number of pyridine rings is 1. The van der Waals surface area contributed by atoms with Crippen LogP contribution in [0.15, 0.2) is 71.8 Å². The van der Waals surface area contributed by atoms with Crippen LogP contribution in [0, 0.1) is 6.92 Å². The number of nitrogens with one attached hydrogen (secondary N) is 2. The van der Waals surface area contributed by atoms with Crippen molar-refractivity contribution < 1.29 is 14.7 Å². The molecule has 10 nitrogen and oxygen atoms in total. The van der Waals surface area contributed by atoms with Gasteiger partial charge in [-0.05, 0) is 30.2 Å². The average molecular weight is 559 g/mol. The van der Waals surface area contributed by atoms with E-state index in [0.717, 1.165) is 16.7 Å². The first kappa shape index (κ1) is 27.0. The number of aromatic nitrogens is 3. The molecule has 0 saturated heterocycles. The molecule has 1 aliphatic heterocycles. The number of hydrogen-bond donors (Lipinski definition) is 3. The van der Waals surface area contributed by atoms with Gasteiger partial charge in [0.2, 0.25) is 17.4 Å². The molecular weight excluding hydrogens is 532 g/mol. The van der Waals surface area contributed by atoms with Gasteiger partial charge in [-0.3, -0.25) is 14.4 Å². The van der Waals surface area contributed by atoms with Crippen LogP contribution in [0.4, 0.5) is 11.6 Å². The summed E-state index contributed by atoms with van der Waals surface area (Å²) < 4.78 is 1.43. The van der Waals surface area contributed by atoms with Crippen LogP contribution in [0.3, 0.4) is 0 Å². The Labute approximate surface area is 235 Å². The Balaban J connectivity index is 1.31. The lowest BCUT2D eigenvalue weighted by Crippen LogP contribution is -2.40. The summed E-state index contributed by atoms with van der Waals surface area (Å²) in [4.78, 5) is 47.9. The largest absolute Gasteiger partial charge is 0.394 e. The summed E-state index contributed by atoms with van der Waals surface area (Å²) in [7, 11) is 1.64. The lowest BCUT2D eigenvalue weighted by molar-refractivity contribution is -0.122. The number of anilines is 2. The predicted molar refractivity (Wildman–Crippen MR) is 151 cm³/mol. The summed E-state index contributed by atoms with van der Waals surface area (Å²) in [6, 6.07) is 15.4. The van der Waals surface area contributed by atoms with Crippen LogP contribution in [0.25, 0.3) is 11.3 Å². The number of nitrogens with zero attached hydrogens (tertiary/aromatic N) is 4. The number of fused-ring (bicyclic) bond motifs is 1. The highest BCUT2D eigenvalue weighted by Crippen LogP contribution is 2.32. The molecule has 3 N–H and O–H groups in total. The lowest BCUT2D eigenvalue weighted by Gasteiger charge is -2.20. The van der Waals surface area contributed by atoms with Crippen molar-refractivity contribution in [1.82, 2.24) is 24.8 Å². The van der Waals surface area contributed by atoms with Gasteiger partial charge in [0, 0.05) is 37.0 Å². The molecule has 1 unspecified atom stereocenters. The van der Waals surface area contributed by atoms with Crippen LogP contribution >= 0.6 is 11.6 Å². The SMILES string of the molecule is Cc1cccc(C(CO)NC(=O)CN2Cc3ccc(-c4nc(Nc5ccc(=O)n(C)c5)ncc4Cl)cc3C2=O)c1. The Morgan fingerprint density at radius 3 is 2.73 bits per heavy atom. The first-order valence-corrected chi connectivity index (χ1v) is 12.9. The number of amides is 2. The van der Waals surface area contributed by atoms with Gasteiger partial charge >= 0.3 is 0 Å². The van der Waals surface area contributed by atoms with Crippen molar-refractivity contribution in [1.29, 1.82) is 0 Å². The molecule has 0 fully saturated rings. The highest BCUT2D eigenvalue weighted by atomic mass is 35.5. The Kier molecular flexibility index (Phi) is 7.63. The zero-order valence-electron chi connectivity index (χ0n) is 21.9. The normalized spacial score (nSPS) is 13.2. The molecule has 2 aromatic carbocycles. The molecule has 1 atom stereocenters. The molecule has 1 aliphatic rings. The third-order valence-electron chi connectivity index (χ3n) is 6.64. The summed E-state index contributed by atoms with van der Waals surface area (Å²) in [5.74, 6) is -0.373. The van der Waals surface area contributed by atoms with E-state index in [1.165, 1.54) is 21.7 Å². The molecule has 2 amide bonds. The standard InChI is InChI=1S/C29H27ClN6O4/c1-17-4-3-5-18(10-17)24(16-37)33-25(38)15-36-13-20-7-6-19(11-22(20)28(36)40)27-23(30)12-31-29(34-27)32-21-8-9-26(39)35(2)14-21/h3-12,14,24,37H,13,15-16H2,1-2H3,(H,33,38)(H,31,32,34). The maximum Gasteiger partial charge on any atom is 0.254 e. The molecule has 5 rings (SSSR count). The summed E-state index contributed by atoms with van der Waals surface area (Å²) in [6.45, 7) is 1.82. The molecule has 0 radical (unpaired) electrons. The average Bonchev–Trinajstić information content (AvgIpc) is 3.24. The van der Waals surface area contributed by atoms with Crippen LogP contribution in [0.5, 0.6) is 0 Å². The van der Waals surface area contributed by atoms with Gasteiger partial charge in [-0.2, -0.15) is 0 Å². The number of aliphatic hydroxyl groups is 1. The molecule has 204 valence electrons. The van der Waals surface area contributed by atoms with E-state index in [-0.39, 0.29) is 43.0 Å². The van der Waals surface area contributed by atoms with E-state index in [1.807, 2.05) is 43.3 Å². The van der Waals surface area contributed by atoms with E-state index in [1.54, 1.807) is 25.4 Å². The van der Waals surface area contributed by atoms with Crippen molar-refractivity contribution in [2.75, 3.05) is 18.5 Å². The predicted octanol–water partition coefficient (Wildman–Crippen LogP) is 3.35. The van der Waals surface area contributed by atoms with Gasteiger partial charge in [0.25, 0.3) is 5.91 Å². The maximum absolute atomic E-state index is 13.2. The van der Waals surface area contributed by atoms with Gasteiger partial charge in [0.15, 0.2) is 0 Å². The summed E-state index contributed by atoms with van der Waals surface area (Å²) >= 11 is 6.42. The highest BCUT2D eigenvalue weighted by molar-refractivity contribution is 6.33. The van der Waals surface area contributed by atoms with Crippen molar-refractivity contribution in [3.63, 3.8) is 0 Å². The highest BCUT2D eigenvalue weighted by Gasteiger charge is 2.30. The molecule has 0 spiro atoms. The summed E-state index contributed by atoms with van der Waals surface area (Å²) in [5.41, 5.74) is 4.59. The molecule has 0 aliphatic carbocycles. The minimum absolute atomic E-state index is 0.142. The molecule has 40 heavy (non-hydrogen) atoms. The van der Waals surface area contributed by atoms with E-state index < -0.39 is 6.04 Å². The minimum Gasteiger partial charge on any atom is -0.394 e. The van der Waals surface area contributed by atoms with Crippen LogP contribution in [-0.4, -0.2) is 49.5 Å². The van der Waals surface area contributed by atoms with Crippen molar-refractivity contribution in [2.24, 2.45) is 7.05 Å². The molecule has 2 aromatic heterocycles. The van der Waals surface area contributed by atoms with Gasteiger partial charge in [-0.15, -0.1) is 0 Å².